The van der Waals surface area contributed by atoms with E-state index in [9.17, 15) is 9.59 Å². The van der Waals surface area contributed by atoms with Gasteiger partial charge in [-0.15, -0.1) is 0 Å². The molecule has 0 aliphatic heterocycles. The van der Waals surface area contributed by atoms with Gasteiger partial charge in [-0.1, -0.05) is 24.3 Å². The molecule has 2 N–H and O–H groups in total. The summed E-state index contributed by atoms with van der Waals surface area (Å²) in [5, 5.41) is 2.82. The van der Waals surface area contributed by atoms with Gasteiger partial charge in [-0.05, 0) is 54.2 Å². The summed E-state index contributed by atoms with van der Waals surface area (Å²) in [6.45, 7) is 0. The van der Waals surface area contributed by atoms with Crippen LogP contribution in [-0.2, 0) is 17.6 Å². The summed E-state index contributed by atoms with van der Waals surface area (Å²) in [6.07, 6.45) is 7.43. The van der Waals surface area contributed by atoms with Crippen molar-refractivity contribution in [2.24, 2.45) is 5.92 Å². The first-order valence-corrected chi connectivity index (χ1v) is 8.71. The molecule has 2 aromatic heterocycles. The van der Waals surface area contributed by atoms with Crippen molar-refractivity contribution in [3.05, 3.63) is 82.5 Å². The monoisotopic (exact) mass is 345 g/mol. The Kier molecular flexibility index (Phi) is 4.35. The zero-order chi connectivity index (χ0) is 17.9. The number of aromatic amines is 1. The molecule has 3 aromatic rings. The van der Waals surface area contributed by atoms with Crippen LogP contribution in [-0.4, -0.2) is 15.9 Å². The van der Waals surface area contributed by atoms with Gasteiger partial charge < -0.3 is 10.3 Å². The number of aromatic nitrogens is 2. The maximum atomic E-state index is 12.7. The van der Waals surface area contributed by atoms with E-state index >= 15 is 0 Å². The van der Waals surface area contributed by atoms with Gasteiger partial charge in [-0.25, -0.2) is 0 Å². The number of H-pyrrole nitrogens is 1. The Bertz CT molecular complexity index is 995. The lowest BCUT2D eigenvalue weighted by molar-refractivity contribution is -0.120. The van der Waals surface area contributed by atoms with Crippen LogP contribution in [0.3, 0.4) is 0 Å². The summed E-state index contributed by atoms with van der Waals surface area (Å²) in [7, 11) is 0. The predicted molar refractivity (Wildman–Crippen MR) is 101 cm³/mol. The molecule has 4 rings (SSSR count). The number of rotatable bonds is 3. The molecular formula is C21H19N3O2. The first-order chi connectivity index (χ1) is 12.7. The van der Waals surface area contributed by atoms with Crippen molar-refractivity contribution < 1.29 is 4.79 Å². The van der Waals surface area contributed by atoms with Crippen LogP contribution in [0.15, 0.2) is 65.8 Å². The van der Waals surface area contributed by atoms with E-state index in [-0.39, 0.29) is 23.1 Å². The Hall–Kier alpha value is -3.21. The van der Waals surface area contributed by atoms with Gasteiger partial charge in [-0.3, -0.25) is 14.6 Å². The van der Waals surface area contributed by atoms with Gasteiger partial charge in [0, 0.05) is 30.1 Å². The van der Waals surface area contributed by atoms with Crippen LogP contribution < -0.4 is 10.9 Å². The second kappa shape index (κ2) is 6.96. The van der Waals surface area contributed by atoms with E-state index in [2.05, 4.69) is 27.4 Å². The minimum Gasteiger partial charge on any atom is -0.327 e. The molecule has 0 spiro atoms. The quantitative estimate of drug-likeness (QED) is 0.765. The molecule has 1 atom stereocenters. The number of amides is 1. The van der Waals surface area contributed by atoms with E-state index in [1.54, 1.807) is 24.7 Å². The average molecular weight is 345 g/mol. The summed E-state index contributed by atoms with van der Waals surface area (Å²) >= 11 is 0. The van der Waals surface area contributed by atoms with Gasteiger partial charge in [-0.2, -0.15) is 0 Å². The fourth-order valence-corrected chi connectivity index (χ4v) is 3.44. The SMILES string of the molecule is O=C(Nc1cc(-c2ccncc2)c[nH]c1=O)C1CCc2ccccc2C1. The van der Waals surface area contributed by atoms with Crippen LogP contribution in [0.5, 0.6) is 0 Å². The van der Waals surface area contributed by atoms with E-state index in [0.717, 1.165) is 24.0 Å². The molecule has 0 saturated heterocycles. The van der Waals surface area contributed by atoms with Crippen molar-refractivity contribution in [1.29, 1.82) is 0 Å². The first-order valence-electron chi connectivity index (χ1n) is 8.71. The van der Waals surface area contributed by atoms with E-state index in [1.165, 1.54) is 11.1 Å². The zero-order valence-corrected chi connectivity index (χ0v) is 14.2. The molecular weight excluding hydrogens is 326 g/mol. The molecule has 0 saturated carbocycles. The van der Waals surface area contributed by atoms with E-state index < -0.39 is 0 Å². The molecule has 1 amide bonds. The molecule has 1 unspecified atom stereocenters. The van der Waals surface area contributed by atoms with Gasteiger partial charge in [0.2, 0.25) is 5.91 Å². The van der Waals surface area contributed by atoms with Gasteiger partial charge in [0.05, 0.1) is 0 Å². The van der Waals surface area contributed by atoms with Crippen molar-refractivity contribution in [1.82, 2.24) is 9.97 Å². The molecule has 130 valence electrons. The second-order valence-corrected chi connectivity index (χ2v) is 6.56. The summed E-state index contributed by atoms with van der Waals surface area (Å²) < 4.78 is 0. The minimum absolute atomic E-state index is 0.100. The summed E-state index contributed by atoms with van der Waals surface area (Å²) in [5.41, 5.74) is 4.28. The van der Waals surface area contributed by atoms with Crippen molar-refractivity contribution >= 4 is 11.6 Å². The lowest BCUT2D eigenvalue weighted by Gasteiger charge is -2.23. The lowest BCUT2D eigenvalue weighted by Crippen LogP contribution is -2.30. The van der Waals surface area contributed by atoms with Crippen LogP contribution in [0, 0.1) is 5.92 Å². The number of hydrogen-bond acceptors (Lipinski definition) is 3. The number of nitrogens with one attached hydrogen (secondary N) is 2. The number of aryl methyl sites for hydroxylation is 1. The van der Waals surface area contributed by atoms with Gasteiger partial charge >= 0.3 is 0 Å². The van der Waals surface area contributed by atoms with Crippen LogP contribution in [0.1, 0.15) is 17.5 Å². The van der Waals surface area contributed by atoms with E-state index in [1.807, 2.05) is 24.3 Å². The summed E-state index contributed by atoms with van der Waals surface area (Å²) in [4.78, 5) is 31.5. The van der Waals surface area contributed by atoms with Gasteiger partial charge in [0.1, 0.15) is 5.69 Å². The number of fused-ring (bicyclic) bond motifs is 1. The smallest absolute Gasteiger partial charge is 0.271 e. The first kappa shape index (κ1) is 16.3. The Morgan fingerprint density at radius 2 is 1.85 bits per heavy atom. The predicted octanol–water partition coefficient (Wildman–Crippen LogP) is 3.18. The van der Waals surface area contributed by atoms with Crippen LogP contribution in [0.25, 0.3) is 11.1 Å². The highest BCUT2D eigenvalue weighted by atomic mass is 16.2. The molecule has 2 heterocycles. The highest BCUT2D eigenvalue weighted by molar-refractivity contribution is 5.93. The topological polar surface area (TPSA) is 74.8 Å². The molecule has 0 fully saturated rings. The number of carbonyl (C=O) groups is 1. The van der Waals surface area contributed by atoms with Gasteiger partial charge in [0.15, 0.2) is 0 Å². The number of pyridine rings is 2. The molecule has 1 aliphatic rings. The highest BCUT2D eigenvalue weighted by Gasteiger charge is 2.25. The van der Waals surface area contributed by atoms with Gasteiger partial charge in [0.25, 0.3) is 5.56 Å². The number of anilines is 1. The maximum absolute atomic E-state index is 12.7. The molecule has 5 heteroatoms. The van der Waals surface area contributed by atoms with Crippen molar-refractivity contribution in [3.63, 3.8) is 0 Å². The molecule has 0 bridgehead atoms. The fraction of sp³-hybridized carbons (Fsp3) is 0.190. The fourth-order valence-electron chi connectivity index (χ4n) is 3.44. The maximum Gasteiger partial charge on any atom is 0.271 e. The lowest BCUT2D eigenvalue weighted by atomic mass is 9.83. The summed E-state index contributed by atoms with van der Waals surface area (Å²) in [5.74, 6) is -0.217. The largest absolute Gasteiger partial charge is 0.327 e. The molecule has 1 aromatic carbocycles. The van der Waals surface area contributed by atoms with Crippen molar-refractivity contribution in [2.75, 3.05) is 5.32 Å². The minimum atomic E-state index is -0.299. The summed E-state index contributed by atoms with van der Waals surface area (Å²) in [6, 6.07) is 13.7. The number of hydrogen-bond donors (Lipinski definition) is 2. The normalized spacial score (nSPS) is 15.9. The third kappa shape index (κ3) is 3.28. The van der Waals surface area contributed by atoms with Crippen molar-refractivity contribution in [2.45, 2.75) is 19.3 Å². The van der Waals surface area contributed by atoms with Crippen LogP contribution in [0.4, 0.5) is 5.69 Å². The molecule has 0 radical (unpaired) electrons. The zero-order valence-electron chi connectivity index (χ0n) is 14.2. The molecule has 1 aliphatic carbocycles. The van der Waals surface area contributed by atoms with E-state index in [0.29, 0.717) is 6.42 Å². The number of carbonyl (C=O) groups excluding carboxylic acids is 1. The highest BCUT2D eigenvalue weighted by Crippen LogP contribution is 2.26. The second-order valence-electron chi connectivity index (χ2n) is 6.56. The number of nitrogens with zero attached hydrogens (tertiary/aromatic N) is 1. The standard InChI is InChI=1S/C21H19N3O2/c25-20(17-6-5-14-3-1-2-4-16(14)11-17)24-19-12-18(13-23-21(19)26)15-7-9-22-10-8-15/h1-4,7-10,12-13,17H,5-6,11H2,(H,23,26)(H,24,25). The average Bonchev–Trinajstić information content (AvgIpc) is 2.70. The molecule has 26 heavy (non-hydrogen) atoms. The van der Waals surface area contributed by atoms with Crippen molar-refractivity contribution in [3.8, 4) is 11.1 Å². The Labute approximate surface area is 151 Å². The van der Waals surface area contributed by atoms with Crippen LogP contribution in [0.2, 0.25) is 0 Å². The molecule has 5 nitrogen and oxygen atoms in total. The number of benzene rings is 1. The third-order valence-electron chi connectivity index (χ3n) is 4.89. The third-order valence-corrected chi connectivity index (χ3v) is 4.89. The Morgan fingerprint density at radius 1 is 1.08 bits per heavy atom. The van der Waals surface area contributed by atoms with E-state index in [4.69, 9.17) is 0 Å². The van der Waals surface area contributed by atoms with Crippen LogP contribution >= 0.6 is 0 Å². The Balaban J connectivity index is 1.54. The Morgan fingerprint density at radius 3 is 2.65 bits per heavy atom.